The summed E-state index contributed by atoms with van der Waals surface area (Å²) < 4.78 is 5.27. The highest BCUT2D eigenvalue weighted by atomic mass is 16.6. The SMILES string of the molecule is C=CCN(C(=O)C(C)NC(=O)OC(C)(C)C)C(C(=O)NCc1ccccc1)c1cccc(C)c1. The molecule has 7 nitrogen and oxygen atoms in total. The first-order valence-corrected chi connectivity index (χ1v) is 11.3. The second-order valence-electron chi connectivity index (χ2n) is 9.17. The fraction of sp³-hybridized carbons (Fsp3) is 0.370. The van der Waals surface area contributed by atoms with E-state index in [0.29, 0.717) is 12.1 Å². The van der Waals surface area contributed by atoms with Gasteiger partial charge < -0.3 is 20.3 Å². The van der Waals surface area contributed by atoms with Crippen LogP contribution in [0.2, 0.25) is 0 Å². The summed E-state index contributed by atoms with van der Waals surface area (Å²) in [7, 11) is 0. The van der Waals surface area contributed by atoms with Gasteiger partial charge in [-0.1, -0.05) is 66.2 Å². The molecular weight excluding hydrogens is 430 g/mol. The van der Waals surface area contributed by atoms with Crippen molar-refractivity contribution in [3.05, 3.63) is 83.9 Å². The average molecular weight is 466 g/mol. The summed E-state index contributed by atoms with van der Waals surface area (Å²) in [4.78, 5) is 40.5. The lowest BCUT2D eigenvalue weighted by molar-refractivity contribution is -0.141. The summed E-state index contributed by atoms with van der Waals surface area (Å²) >= 11 is 0. The molecule has 0 bridgehead atoms. The van der Waals surface area contributed by atoms with Crippen LogP contribution in [0.4, 0.5) is 4.79 Å². The smallest absolute Gasteiger partial charge is 0.408 e. The van der Waals surface area contributed by atoms with Crippen molar-refractivity contribution in [1.82, 2.24) is 15.5 Å². The Morgan fingerprint density at radius 1 is 1.09 bits per heavy atom. The van der Waals surface area contributed by atoms with E-state index in [0.717, 1.165) is 11.1 Å². The normalized spacial score (nSPS) is 12.7. The van der Waals surface area contributed by atoms with E-state index >= 15 is 0 Å². The van der Waals surface area contributed by atoms with Crippen LogP contribution in [0.3, 0.4) is 0 Å². The molecule has 2 unspecified atom stereocenters. The number of carbonyl (C=O) groups is 3. The predicted molar refractivity (Wildman–Crippen MR) is 133 cm³/mol. The molecule has 0 aromatic heterocycles. The molecule has 0 saturated heterocycles. The van der Waals surface area contributed by atoms with E-state index in [1.807, 2.05) is 61.5 Å². The molecule has 2 rings (SSSR count). The molecule has 0 aliphatic carbocycles. The number of nitrogens with one attached hydrogen (secondary N) is 2. The van der Waals surface area contributed by atoms with Gasteiger partial charge in [0.15, 0.2) is 0 Å². The van der Waals surface area contributed by atoms with E-state index in [-0.39, 0.29) is 12.5 Å². The second kappa shape index (κ2) is 12.0. The zero-order valence-corrected chi connectivity index (χ0v) is 20.6. The first-order chi connectivity index (χ1) is 16.0. The minimum Gasteiger partial charge on any atom is -0.444 e. The molecule has 0 aliphatic heterocycles. The van der Waals surface area contributed by atoms with E-state index < -0.39 is 29.7 Å². The van der Waals surface area contributed by atoms with Gasteiger partial charge in [-0.05, 0) is 45.7 Å². The Kier molecular flexibility index (Phi) is 9.42. The number of nitrogens with zero attached hydrogens (tertiary/aromatic N) is 1. The minimum absolute atomic E-state index is 0.122. The van der Waals surface area contributed by atoms with Crippen molar-refractivity contribution in [3.63, 3.8) is 0 Å². The van der Waals surface area contributed by atoms with Crippen LogP contribution >= 0.6 is 0 Å². The van der Waals surface area contributed by atoms with Crippen molar-refractivity contribution in [1.29, 1.82) is 0 Å². The lowest BCUT2D eigenvalue weighted by Gasteiger charge is -2.33. The second-order valence-corrected chi connectivity index (χ2v) is 9.17. The lowest BCUT2D eigenvalue weighted by atomic mass is 10.0. The van der Waals surface area contributed by atoms with E-state index in [2.05, 4.69) is 17.2 Å². The van der Waals surface area contributed by atoms with Crippen LogP contribution in [0.25, 0.3) is 0 Å². The Morgan fingerprint density at radius 2 is 1.76 bits per heavy atom. The van der Waals surface area contributed by atoms with E-state index in [4.69, 9.17) is 4.74 Å². The Labute approximate surface area is 202 Å². The van der Waals surface area contributed by atoms with Crippen molar-refractivity contribution in [2.45, 2.75) is 58.8 Å². The summed E-state index contributed by atoms with van der Waals surface area (Å²) in [6, 6.07) is 15.2. The highest BCUT2D eigenvalue weighted by Gasteiger charge is 2.34. The minimum atomic E-state index is -0.913. The Bertz CT molecular complexity index is 998. The number of alkyl carbamates (subject to hydrolysis) is 1. The molecule has 3 amide bonds. The van der Waals surface area contributed by atoms with Crippen LogP contribution in [-0.4, -0.2) is 41.0 Å². The summed E-state index contributed by atoms with van der Waals surface area (Å²) in [6.45, 7) is 12.9. The number of benzene rings is 2. The molecule has 0 spiro atoms. The Hall–Kier alpha value is -3.61. The van der Waals surface area contributed by atoms with Crippen LogP contribution in [0.5, 0.6) is 0 Å². The molecule has 2 aromatic rings. The quantitative estimate of drug-likeness (QED) is 0.541. The van der Waals surface area contributed by atoms with Gasteiger partial charge in [0, 0.05) is 13.1 Å². The molecule has 2 atom stereocenters. The Morgan fingerprint density at radius 3 is 2.35 bits per heavy atom. The van der Waals surface area contributed by atoms with Gasteiger partial charge in [-0.2, -0.15) is 0 Å². The zero-order chi connectivity index (χ0) is 25.3. The van der Waals surface area contributed by atoms with Gasteiger partial charge >= 0.3 is 6.09 Å². The van der Waals surface area contributed by atoms with Crippen LogP contribution in [-0.2, 0) is 20.9 Å². The molecule has 2 N–H and O–H groups in total. The molecule has 34 heavy (non-hydrogen) atoms. The van der Waals surface area contributed by atoms with E-state index in [9.17, 15) is 14.4 Å². The average Bonchev–Trinajstić information content (AvgIpc) is 2.76. The van der Waals surface area contributed by atoms with Gasteiger partial charge in [-0.15, -0.1) is 6.58 Å². The topological polar surface area (TPSA) is 87.7 Å². The third kappa shape index (κ3) is 8.06. The maximum atomic E-state index is 13.4. The van der Waals surface area contributed by atoms with Crippen LogP contribution in [0.15, 0.2) is 67.3 Å². The van der Waals surface area contributed by atoms with Gasteiger partial charge in [-0.25, -0.2) is 4.79 Å². The number of aryl methyl sites for hydroxylation is 1. The van der Waals surface area contributed by atoms with Crippen molar-refractivity contribution in [3.8, 4) is 0 Å². The number of hydrogen-bond donors (Lipinski definition) is 2. The number of hydrogen-bond acceptors (Lipinski definition) is 4. The third-order valence-corrected chi connectivity index (χ3v) is 4.94. The molecule has 0 heterocycles. The molecule has 0 aliphatic rings. The highest BCUT2D eigenvalue weighted by Crippen LogP contribution is 2.24. The molecule has 0 saturated carbocycles. The lowest BCUT2D eigenvalue weighted by Crippen LogP contribution is -2.51. The van der Waals surface area contributed by atoms with Crippen LogP contribution in [0.1, 0.15) is 50.4 Å². The number of carbonyl (C=O) groups excluding carboxylic acids is 3. The molecule has 7 heteroatoms. The number of rotatable bonds is 9. The summed E-state index contributed by atoms with van der Waals surface area (Å²) in [5, 5.41) is 5.51. The van der Waals surface area contributed by atoms with Crippen LogP contribution in [0, 0.1) is 6.92 Å². The first-order valence-electron chi connectivity index (χ1n) is 11.3. The van der Waals surface area contributed by atoms with Gasteiger partial charge in [0.05, 0.1) is 0 Å². The van der Waals surface area contributed by atoms with Crippen LogP contribution < -0.4 is 10.6 Å². The zero-order valence-electron chi connectivity index (χ0n) is 20.6. The Balaban J connectivity index is 2.31. The van der Waals surface area contributed by atoms with Gasteiger partial charge in [0.1, 0.15) is 17.7 Å². The van der Waals surface area contributed by atoms with E-state index in [1.165, 1.54) is 4.90 Å². The van der Waals surface area contributed by atoms with Crippen molar-refractivity contribution >= 4 is 17.9 Å². The maximum Gasteiger partial charge on any atom is 0.408 e. The molecule has 0 fully saturated rings. The molecular formula is C27H35N3O4. The molecule has 2 aromatic carbocycles. The fourth-order valence-electron chi connectivity index (χ4n) is 3.45. The first kappa shape index (κ1) is 26.6. The molecule has 182 valence electrons. The largest absolute Gasteiger partial charge is 0.444 e. The number of ether oxygens (including phenoxy) is 1. The summed E-state index contributed by atoms with van der Waals surface area (Å²) in [6.07, 6.45) is 0.860. The fourth-order valence-corrected chi connectivity index (χ4v) is 3.45. The maximum absolute atomic E-state index is 13.4. The monoisotopic (exact) mass is 465 g/mol. The third-order valence-electron chi connectivity index (χ3n) is 4.94. The highest BCUT2D eigenvalue weighted by molar-refractivity contribution is 5.92. The molecule has 0 radical (unpaired) electrons. The number of amides is 3. The van der Waals surface area contributed by atoms with Crippen molar-refractivity contribution in [2.24, 2.45) is 0 Å². The predicted octanol–water partition coefficient (Wildman–Crippen LogP) is 4.28. The van der Waals surface area contributed by atoms with Gasteiger partial charge in [-0.3, -0.25) is 9.59 Å². The van der Waals surface area contributed by atoms with Gasteiger partial charge in [0.2, 0.25) is 11.8 Å². The van der Waals surface area contributed by atoms with E-state index in [1.54, 1.807) is 33.8 Å². The van der Waals surface area contributed by atoms with Gasteiger partial charge in [0.25, 0.3) is 0 Å². The summed E-state index contributed by atoms with van der Waals surface area (Å²) in [5.74, 6) is -0.749. The van der Waals surface area contributed by atoms with Crippen molar-refractivity contribution < 1.29 is 19.1 Å². The van der Waals surface area contributed by atoms with Crippen molar-refractivity contribution in [2.75, 3.05) is 6.54 Å². The summed E-state index contributed by atoms with van der Waals surface area (Å²) in [5.41, 5.74) is 1.88. The standard InChI is InChI=1S/C27H35N3O4/c1-7-16-30(25(32)20(3)29-26(33)34-27(4,5)6)23(22-15-11-12-19(2)17-22)24(31)28-18-21-13-9-8-10-14-21/h7-15,17,20,23H,1,16,18H2,2-6H3,(H,28,31)(H,29,33).